The Kier molecular flexibility index (Phi) is 4.53. The molecule has 1 heterocycles. The van der Waals surface area contributed by atoms with Gasteiger partial charge in [-0.3, -0.25) is 9.69 Å². The first-order chi connectivity index (χ1) is 9.27. The van der Waals surface area contributed by atoms with Crippen LogP contribution in [0.5, 0.6) is 0 Å². The fraction of sp³-hybridized carbons (Fsp3) is 0.467. The van der Waals surface area contributed by atoms with Crippen molar-refractivity contribution in [2.24, 2.45) is 0 Å². The van der Waals surface area contributed by atoms with Gasteiger partial charge in [-0.25, -0.2) is 0 Å². The zero-order valence-corrected chi connectivity index (χ0v) is 11.2. The summed E-state index contributed by atoms with van der Waals surface area (Å²) in [6.07, 6.45) is 1.17. The first kappa shape index (κ1) is 13.6. The number of carbonyl (C=O) groups excluding carboxylic acids is 1. The molecule has 1 fully saturated rings. The summed E-state index contributed by atoms with van der Waals surface area (Å²) in [5.41, 5.74) is 1.11. The van der Waals surface area contributed by atoms with Gasteiger partial charge in [-0.15, -0.1) is 0 Å². The number of carbonyl (C=O) groups is 1. The van der Waals surface area contributed by atoms with Gasteiger partial charge in [0.25, 0.3) is 0 Å². The molecule has 1 aliphatic heterocycles. The molecule has 0 aromatic heterocycles. The highest BCUT2D eigenvalue weighted by Gasteiger charge is 2.33. The summed E-state index contributed by atoms with van der Waals surface area (Å²) in [6.45, 7) is 3.46. The number of hydrogen-bond donors (Lipinski definition) is 1. The Morgan fingerprint density at radius 3 is 2.84 bits per heavy atom. The van der Waals surface area contributed by atoms with Crippen LogP contribution in [0, 0.1) is 11.3 Å². The summed E-state index contributed by atoms with van der Waals surface area (Å²) in [7, 11) is 0. The standard InChI is InChI=1S/C15H19N3O/c1-2-13-15(19)17-10-11-18(13)14(8-9-16)12-6-4-3-5-7-12/h3-7,13-14H,2,8,10-11H2,1H3,(H,17,19). The molecule has 2 unspecified atom stereocenters. The van der Waals surface area contributed by atoms with E-state index in [1.807, 2.05) is 37.3 Å². The molecule has 0 spiro atoms. The van der Waals surface area contributed by atoms with Crippen molar-refractivity contribution in [1.82, 2.24) is 10.2 Å². The summed E-state index contributed by atoms with van der Waals surface area (Å²) < 4.78 is 0. The lowest BCUT2D eigenvalue weighted by Crippen LogP contribution is -2.55. The third-order valence-electron chi connectivity index (χ3n) is 3.63. The van der Waals surface area contributed by atoms with Crippen molar-refractivity contribution < 1.29 is 4.79 Å². The van der Waals surface area contributed by atoms with E-state index in [9.17, 15) is 4.79 Å². The fourth-order valence-corrected chi connectivity index (χ4v) is 2.71. The average Bonchev–Trinajstić information content (AvgIpc) is 2.45. The molecule has 1 aromatic carbocycles. The largest absolute Gasteiger partial charge is 0.353 e. The van der Waals surface area contributed by atoms with E-state index in [1.165, 1.54) is 0 Å². The molecule has 0 bridgehead atoms. The van der Waals surface area contributed by atoms with E-state index in [0.29, 0.717) is 13.0 Å². The van der Waals surface area contributed by atoms with Gasteiger partial charge in [0, 0.05) is 19.1 Å². The molecular weight excluding hydrogens is 238 g/mol. The number of rotatable bonds is 4. The minimum atomic E-state index is -0.132. The first-order valence-electron chi connectivity index (χ1n) is 6.73. The zero-order chi connectivity index (χ0) is 13.7. The molecule has 1 saturated heterocycles. The van der Waals surface area contributed by atoms with Crippen LogP contribution in [-0.4, -0.2) is 29.9 Å². The maximum atomic E-state index is 11.9. The maximum Gasteiger partial charge on any atom is 0.237 e. The molecule has 4 nitrogen and oxygen atoms in total. The second-order valence-electron chi connectivity index (χ2n) is 4.74. The first-order valence-corrected chi connectivity index (χ1v) is 6.73. The maximum absolute atomic E-state index is 11.9. The van der Waals surface area contributed by atoms with Crippen LogP contribution in [0.2, 0.25) is 0 Å². The third-order valence-corrected chi connectivity index (χ3v) is 3.63. The smallest absolute Gasteiger partial charge is 0.237 e. The molecular formula is C15H19N3O. The lowest BCUT2D eigenvalue weighted by atomic mass is 9.98. The van der Waals surface area contributed by atoms with Gasteiger partial charge in [-0.05, 0) is 12.0 Å². The molecule has 0 saturated carbocycles. The second kappa shape index (κ2) is 6.35. The van der Waals surface area contributed by atoms with E-state index in [1.54, 1.807) is 0 Å². The van der Waals surface area contributed by atoms with Gasteiger partial charge >= 0.3 is 0 Å². The van der Waals surface area contributed by atoms with Crippen molar-refractivity contribution in [3.05, 3.63) is 35.9 Å². The van der Waals surface area contributed by atoms with Gasteiger partial charge in [0.05, 0.1) is 18.5 Å². The second-order valence-corrected chi connectivity index (χ2v) is 4.74. The normalized spacial score (nSPS) is 21.5. The minimum absolute atomic E-state index is 0.00204. The number of piperazine rings is 1. The van der Waals surface area contributed by atoms with Crippen LogP contribution in [0.1, 0.15) is 31.4 Å². The fourth-order valence-electron chi connectivity index (χ4n) is 2.71. The third kappa shape index (κ3) is 2.94. The molecule has 2 atom stereocenters. The predicted molar refractivity (Wildman–Crippen MR) is 73.2 cm³/mol. The highest BCUT2D eigenvalue weighted by Crippen LogP contribution is 2.28. The molecule has 4 heteroatoms. The SMILES string of the molecule is CCC1C(=O)NCCN1C(CC#N)c1ccccc1. The van der Waals surface area contributed by atoms with Crippen molar-refractivity contribution in [3.8, 4) is 6.07 Å². The van der Waals surface area contributed by atoms with E-state index in [2.05, 4.69) is 16.3 Å². The Morgan fingerprint density at radius 1 is 1.47 bits per heavy atom. The van der Waals surface area contributed by atoms with E-state index in [0.717, 1.165) is 18.5 Å². The predicted octanol–water partition coefficient (Wildman–Crippen LogP) is 1.85. The summed E-state index contributed by atoms with van der Waals surface area (Å²) in [4.78, 5) is 14.1. The molecule has 0 aliphatic carbocycles. The van der Waals surface area contributed by atoms with Crippen LogP contribution in [0.3, 0.4) is 0 Å². The number of nitrogens with zero attached hydrogens (tertiary/aromatic N) is 2. The monoisotopic (exact) mass is 257 g/mol. The molecule has 1 aromatic rings. The molecule has 0 radical (unpaired) electrons. The lowest BCUT2D eigenvalue weighted by Gasteiger charge is -2.39. The number of benzene rings is 1. The van der Waals surface area contributed by atoms with Crippen molar-refractivity contribution in [2.45, 2.75) is 31.8 Å². The van der Waals surface area contributed by atoms with E-state index in [-0.39, 0.29) is 18.0 Å². The summed E-state index contributed by atoms with van der Waals surface area (Å²) in [6, 6.07) is 12.1. The molecule has 1 N–H and O–H groups in total. The van der Waals surface area contributed by atoms with Crippen molar-refractivity contribution in [2.75, 3.05) is 13.1 Å². The lowest BCUT2D eigenvalue weighted by molar-refractivity contribution is -0.130. The van der Waals surface area contributed by atoms with Crippen molar-refractivity contribution in [1.29, 1.82) is 5.26 Å². The van der Waals surface area contributed by atoms with Crippen LogP contribution < -0.4 is 5.32 Å². The minimum Gasteiger partial charge on any atom is -0.353 e. The van der Waals surface area contributed by atoms with Crippen LogP contribution in [0.15, 0.2) is 30.3 Å². The van der Waals surface area contributed by atoms with E-state index < -0.39 is 0 Å². The molecule has 100 valence electrons. The molecule has 1 amide bonds. The van der Waals surface area contributed by atoms with Crippen molar-refractivity contribution in [3.63, 3.8) is 0 Å². The van der Waals surface area contributed by atoms with E-state index in [4.69, 9.17) is 5.26 Å². The van der Waals surface area contributed by atoms with Crippen LogP contribution in [0.25, 0.3) is 0 Å². The zero-order valence-electron chi connectivity index (χ0n) is 11.2. The summed E-state index contributed by atoms with van der Waals surface area (Å²) in [5.74, 6) is 0.0765. The molecule has 1 aliphatic rings. The molecule has 19 heavy (non-hydrogen) atoms. The number of hydrogen-bond acceptors (Lipinski definition) is 3. The van der Waals surface area contributed by atoms with Gasteiger partial charge in [0.1, 0.15) is 0 Å². The number of amides is 1. The van der Waals surface area contributed by atoms with E-state index >= 15 is 0 Å². The average molecular weight is 257 g/mol. The van der Waals surface area contributed by atoms with Gasteiger partial charge in [0.15, 0.2) is 0 Å². The number of nitrogens with one attached hydrogen (secondary N) is 1. The Morgan fingerprint density at radius 2 is 2.21 bits per heavy atom. The van der Waals surface area contributed by atoms with Crippen LogP contribution in [-0.2, 0) is 4.79 Å². The quantitative estimate of drug-likeness (QED) is 0.895. The Balaban J connectivity index is 2.28. The topological polar surface area (TPSA) is 56.1 Å². The molecule has 2 rings (SSSR count). The van der Waals surface area contributed by atoms with Crippen molar-refractivity contribution >= 4 is 5.91 Å². The van der Waals surface area contributed by atoms with Gasteiger partial charge in [0.2, 0.25) is 5.91 Å². The van der Waals surface area contributed by atoms with Gasteiger partial charge in [-0.1, -0.05) is 37.3 Å². The van der Waals surface area contributed by atoms with Gasteiger partial charge < -0.3 is 5.32 Å². The summed E-state index contributed by atoms with van der Waals surface area (Å²) in [5, 5.41) is 12.0. The Labute approximate surface area is 114 Å². The van der Waals surface area contributed by atoms with Crippen LogP contribution in [0.4, 0.5) is 0 Å². The van der Waals surface area contributed by atoms with Gasteiger partial charge in [-0.2, -0.15) is 5.26 Å². The summed E-state index contributed by atoms with van der Waals surface area (Å²) >= 11 is 0. The van der Waals surface area contributed by atoms with Crippen LogP contribution >= 0.6 is 0 Å². The Hall–Kier alpha value is -1.86. The Bertz CT molecular complexity index is 466. The highest BCUT2D eigenvalue weighted by molar-refractivity contribution is 5.82. The highest BCUT2D eigenvalue weighted by atomic mass is 16.2. The number of nitriles is 1.